The monoisotopic (exact) mass is 146 g/mol. The van der Waals surface area contributed by atoms with E-state index in [9.17, 15) is 0 Å². The second-order valence-corrected chi connectivity index (χ2v) is 3.93. The lowest BCUT2D eigenvalue weighted by molar-refractivity contribution is 0.497. The van der Waals surface area contributed by atoms with Gasteiger partial charge in [-0.25, -0.2) is 0 Å². The van der Waals surface area contributed by atoms with Crippen LogP contribution in [0, 0.1) is 17.8 Å². The number of hydrogen-bond donors (Lipinski definition) is 0. The summed E-state index contributed by atoms with van der Waals surface area (Å²) in [6.07, 6.45) is 12.2. The van der Waals surface area contributed by atoms with Gasteiger partial charge in [0.2, 0.25) is 0 Å². The molecule has 0 aliphatic heterocycles. The van der Waals surface area contributed by atoms with Crippen molar-refractivity contribution in [1.82, 2.24) is 0 Å². The minimum Gasteiger partial charge on any atom is -0.115 e. The van der Waals surface area contributed by atoms with E-state index in [-0.39, 0.29) is 0 Å². The molecule has 0 aromatic carbocycles. The molecule has 0 aromatic heterocycles. The van der Waals surface area contributed by atoms with E-state index in [4.69, 9.17) is 6.42 Å². The van der Waals surface area contributed by atoms with E-state index in [1.807, 2.05) is 0 Å². The second kappa shape index (κ2) is 2.14. The molecule has 58 valence electrons. The topological polar surface area (TPSA) is 0 Å². The van der Waals surface area contributed by atoms with Crippen molar-refractivity contribution in [2.75, 3.05) is 0 Å². The quantitative estimate of drug-likeness (QED) is 0.461. The molecule has 0 N–H and O–H groups in total. The number of hydrogen-bond acceptors (Lipinski definition) is 0. The first-order valence-electron chi connectivity index (χ1n) is 4.45. The van der Waals surface area contributed by atoms with Crippen LogP contribution in [0.15, 0.2) is 11.1 Å². The van der Waals surface area contributed by atoms with Gasteiger partial charge < -0.3 is 0 Å². The molecule has 0 saturated heterocycles. The van der Waals surface area contributed by atoms with Crippen LogP contribution in [0.5, 0.6) is 0 Å². The summed E-state index contributed by atoms with van der Waals surface area (Å²) in [6.45, 7) is 2.20. The molecule has 1 spiro atoms. The Morgan fingerprint density at radius 3 is 2.55 bits per heavy atom. The van der Waals surface area contributed by atoms with Crippen molar-refractivity contribution in [1.29, 1.82) is 0 Å². The molecule has 0 radical (unpaired) electrons. The summed E-state index contributed by atoms with van der Waals surface area (Å²) in [6, 6.07) is 0. The van der Waals surface area contributed by atoms with Gasteiger partial charge in [0, 0.05) is 11.0 Å². The Balaban J connectivity index is 2.38. The fraction of sp³-hybridized carbons (Fsp3) is 0.636. The number of allylic oxidation sites excluding steroid dienone is 2. The minimum atomic E-state index is 0.511. The van der Waals surface area contributed by atoms with Gasteiger partial charge in [-0.1, -0.05) is 11.5 Å². The van der Waals surface area contributed by atoms with Crippen LogP contribution in [0.2, 0.25) is 0 Å². The highest BCUT2D eigenvalue weighted by atomic mass is 14.5. The zero-order valence-electron chi connectivity index (χ0n) is 7.11. The fourth-order valence-electron chi connectivity index (χ4n) is 2.32. The molecule has 0 bridgehead atoms. The molecule has 0 aromatic rings. The van der Waals surface area contributed by atoms with E-state index in [1.165, 1.54) is 43.3 Å². The molecule has 2 aliphatic rings. The summed E-state index contributed by atoms with van der Waals surface area (Å²) in [4.78, 5) is 0. The number of terminal acetylenes is 1. The third-order valence-electron chi connectivity index (χ3n) is 3.16. The van der Waals surface area contributed by atoms with Gasteiger partial charge in [-0.3, -0.25) is 0 Å². The SMILES string of the molecule is C#CC1=C(C)CCCC12CC2. The van der Waals surface area contributed by atoms with Gasteiger partial charge in [0.15, 0.2) is 0 Å². The van der Waals surface area contributed by atoms with Crippen LogP contribution in [0.25, 0.3) is 0 Å². The molecule has 0 heterocycles. The van der Waals surface area contributed by atoms with Crippen LogP contribution in [0.1, 0.15) is 39.0 Å². The normalized spacial score (nSPS) is 26.9. The van der Waals surface area contributed by atoms with E-state index in [0.717, 1.165) is 0 Å². The highest BCUT2D eigenvalue weighted by Crippen LogP contribution is 2.58. The van der Waals surface area contributed by atoms with Gasteiger partial charge in [-0.15, -0.1) is 6.42 Å². The molecule has 0 amide bonds. The molecular formula is C11H14. The van der Waals surface area contributed by atoms with Crippen LogP contribution in [-0.2, 0) is 0 Å². The Morgan fingerprint density at radius 1 is 1.36 bits per heavy atom. The van der Waals surface area contributed by atoms with Crippen molar-refractivity contribution in [3.63, 3.8) is 0 Å². The zero-order chi connectivity index (χ0) is 7.90. The Kier molecular flexibility index (Phi) is 1.36. The van der Waals surface area contributed by atoms with Crippen LogP contribution in [0.3, 0.4) is 0 Å². The Hall–Kier alpha value is -0.700. The molecule has 2 rings (SSSR count). The lowest BCUT2D eigenvalue weighted by Crippen LogP contribution is -2.10. The lowest BCUT2D eigenvalue weighted by Gasteiger charge is -2.23. The molecule has 0 nitrogen and oxygen atoms in total. The summed E-state index contributed by atoms with van der Waals surface area (Å²) >= 11 is 0. The molecule has 11 heavy (non-hydrogen) atoms. The van der Waals surface area contributed by atoms with Gasteiger partial charge in [-0.05, 0) is 39.0 Å². The fourth-order valence-corrected chi connectivity index (χ4v) is 2.32. The standard InChI is InChI=1S/C11H14/c1-3-10-9(2)5-4-6-11(10)7-8-11/h1H,4-8H2,2H3. The van der Waals surface area contributed by atoms with Gasteiger partial charge in [-0.2, -0.15) is 0 Å². The summed E-state index contributed by atoms with van der Waals surface area (Å²) in [7, 11) is 0. The first kappa shape index (κ1) is 6.98. The predicted octanol–water partition coefficient (Wildman–Crippen LogP) is 2.90. The van der Waals surface area contributed by atoms with Gasteiger partial charge in [0.05, 0.1) is 0 Å². The third kappa shape index (κ3) is 0.913. The summed E-state index contributed by atoms with van der Waals surface area (Å²) < 4.78 is 0. The highest BCUT2D eigenvalue weighted by Gasteiger charge is 2.46. The zero-order valence-corrected chi connectivity index (χ0v) is 7.11. The van der Waals surface area contributed by atoms with Crippen LogP contribution in [-0.4, -0.2) is 0 Å². The summed E-state index contributed by atoms with van der Waals surface area (Å²) in [5.41, 5.74) is 3.34. The average Bonchev–Trinajstić information content (AvgIpc) is 2.70. The molecule has 1 saturated carbocycles. The van der Waals surface area contributed by atoms with Gasteiger partial charge in [0.25, 0.3) is 0 Å². The largest absolute Gasteiger partial charge is 0.115 e. The van der Waals surface area contributed by atoms with Crippen molar-refractivity contribution >= 4 is 0 Å². The minimum absolute atomic E-state index is 0.511. The first-order chi connectivity index (χ1) is 5.28. The first-order valence-corrected chi connectivity index (χ1v) is 4.45. The Bertz CT molecular complexity index is 246. The van der Waals surface area contributed by atoms with E-state index in [1.54, 1.807) is 0 Å². The second-order valence-electron chi connectivity index (χ2n) is 3.93. The van der Waals surface area contributed by atoms with Crippen molar-refractivity contribution in [2.24, 2.45) is 5.41 Å². The average molecular weight is 146 g/mol. The van der Waals surface area contributed by atoms with E-state index >= 15 is 0 Å². The van der Waals surface area contributed by atoms with Crippen LogP contribution in [0.4, 0.5) is 0 Å². The molecule has 0 heteroatoms. The Labute approximate surface area is 68.7 Å². The van der Waals surface area contributed by atoms with Crippen molar-refractivity contribution < 1.29 is 0 Å². The maximum atomic E-state index is 5.50. The smallest absolute Gasteiger partial charge is 0.00687 e. The van der Waals surface area contributed by atoms with Crippen molar-refractivity contribution in [3.8, 4) is 12.3 Å². The predicted molar refractivity (Wildman–Crippen MR) is 47.1 cm³/mol. The van der Waals surface area contributed by atoms with E-state index in [2.05, 4.69) is 12.8 Å². The molecule has 0 atom stereocenters. The summed E-state index contributed by atoms with van der Waals surface area (Å²) in [5, 5.41) is 0. The lowest BCUT2D eigenvalue weighted by atomic mass is 9.81. The van der Waals surface area contributed by atoms with E-state index in [0.29, 0.717) is 5.41 Å². The van der Waals surface area contributed by atoms with Crippen LogP contribution < -0.4 is 0 Å². The maximum absolute atomic E-state index is 5.50. The molecule has 2 aliphatic carbocycles. The van der Waals surface area contributed by atoms with Crippen molar-refractivity contribution in [2.45, 2.75) is 39.0 Å². The molecular weight excluding hydrogens is 132 g/mol. The van der Waals surface area contributed by atoms with Gasteiger partial charge >= 0.3 is 0 Å². The molecule has 0 unspecified atom stereocenters. The van der Waals surface area contributed by atoms with E-state index < -0.39 is 0 Å². The maximum Gasteiger partial charge on any atom is 0.00687 e. The highest BCUT2D eigenvalue weighted by molar-refractivity contribution is 5.42. The van der Waals surface area contributed by atoms with Crippen LogP contribution >= 0.6 is 0 Å². The van der Waals surface area contributed by atoms with Crippen molar-refractivity contribution in [3.05, 3.63) is 11.1 Å². The molecule has 1 fully saturated rings. The third-order valence-corrected chi connectivity index (χ3v) is 3.16. The Morgan fingerprint density at radius 2 is 2.09 bits per heavy atom. The van der Waals surface area contributed by atoms with Gasteiger partial charge in [0.1, 0.15) is 0 Å². The summed E-state index contributed by atoms with van der Waals surface area (Å²) in [5.74, 6) is 2.89. The number of rotatable bonds is 0.